The quantitative estimate of drug-likeness (QED) is 0.669. The lowest BCUT2D eigenvalue weighted by atomic mass is 10.2. The van der Waals surface area contributed by atoms with Gasteiger partial charge in [0.05, 0.1) is 18.9 Å². The zero-order valence-electron chi connectivity index (χ0n) is 14.9. The minimum absolute atomic E-state index is 0.319. The van der Waals surface area contributed by atoms with Crippen molar-refractivity contribution in [1.82, 2.24) is 9.59 Å². The third kappa shape index (κ3) is 5.16. The van der Waals surface area contributed by atoms with Gasteiger partial charge in [-0.1, -0.05) is 11.4 Å². The molecule has 0 radical (unpaired) electrons. The van der Waals surface area contributed by atoms with E-state index < -0.39 is 18.5 Å². The van der Waals surface area contributed by atoms with Gasteiger partial charge < -0.3 is 19.5 Å². The normalized spacial score (nSPS) is 10.3. The number of nitrogens with zero attached hydrogens (tertiary/aromatic N) is 2. The number of rotatable bonds is 9. The van der Waals surface area contributed by atoms with Crippen molar-refractivity contribution in [3.05, 3.63) is 28.8 Å². The summed E-state index contributed by atoms with van der Waals surface area (Å²) in [6, 6.07) is 5.07. The number of aromatic nitrogens is 2. The van der Waals surface area contributed by atoms with Crippen LogP contribution < -0.4 is 14.8 Å². The lowest BCUT2D eigenvalue weighted by Crippen LogP contribution is -2.21. The van der Waals surface area contributed by atoms with Gasteiger partial charge in [-0.3, -0.25) is 4.79 Å². The molecule has 140 valence electrons. The summed E-state index contributed by atoms with van der Waals surface area (Å²) in [6.45, 7) is 6.17. The topological polar surface area (TPSA) is 99.6 Å². The number of carbonyl (C=O) groups is 2. The average Bonchev–Trinajstić information content (AvgIpc) is 3.11. The summed E-state index contributed by atoms with van der Waals surface area (Å²) in [7, 11) is 0. The van der Waals surface area contributed by atoms with Gasteiger partial charge in [-0.05, 0) is 43.9 Å². The molecule has 1 heterocycles. The van der Waals surface area contributed by atoms with E-state index in [1.54, 1.807) is 18.2 Å². The van der Waals surface area contributed by atoms with E-state index in [0.29, 0.717) is 47.4 Å². The van der Waals surface area contributed by atoms with Gasteiger partial charge in [0.2, 0.25) is 0 Å². The van der Waals surface area contributed by atoms with Gasteiger partial charge in [0, 0.05) is 11.8 Å². The van der Waals surface area contributed by atoms with E-state index in [-0.39, 0.29) is 0 Å². The molecule has 8 nitrogen and oxygen atoms in total. The Kier molecular flexibility index (Phi) is 7.34. The van der Waals surface area contributed by atoms with Gasteiger partial charge in [0.1, 0.15) is 0 Å². The molecule has 0 saturated carbocycles. The third-order valence-electron chi connectivity index (χ3n) is 3.24. The average molecular weight is 379 g/mol. The van der Waals surface area contributed by atoms with Crippen LogP contribution in [-0.2, 0) is 16.0 Å². The van der Waals surface area contributed by atoms with E-state index >= 15 is 0 Å². The second-order valence-electron chi connectivity index (χ2n) is 5.05. The molecule has 0 bridgehead atoms. The van der Waals surface area contributed by atoms with E-state index in [1.165, 1.54) is 0 Å². The fourth-order valence-corrected chi connectivity index (χ4v) is 2.76. The molecule has 0 saturated heterocycles. The predicted molar refractivity (Wildman–Crippen MR) is 97.0 cm³/mol. The maximum Gasteiger partial charge on any atom is 0.352 e. The van der Waals surface area contributed by atoms with Gasteiger partial charge in [0.25, 0.3) is 5.91 Å². The standard InChI is InChI=1S/C17H21N3O5S/c1-4-12-16(26-20-19-12)17(22)25-10-15(21)18-11-7-8-13(23-5-2)14(9-11)24-6-3/h7-9H,4-6,10H2,1-3H3,(H,18,21). The number of amides is 1. The lowest BCUT2D eigenvalue weighted by molar-refractivity contribution is -0.119. The highest BCUT2D eigenvalue weighted by atomic mass is 32.1. The van der Waals surface area contributed by atoms with Crippen molar-refractivity contribution >= 4 is 29.1 Å². The van der Waals surface area contributed by atoms with Crippen molar-refractivity contribution < 1.29 is 23.8 Å². The highest BCUT2D eigenvalue weighted by molar-refractivity contribution is 7.07. The number of ether oxygens (including phenoxy) is 3. The van der Waals surface area contributed by atoms with Crippen molar-refractivity contribution in [3.63, 3.8) is 0 Å². The van der Waals surface area contributed by atoms with Gasteiger partial charge in [0.15, 0.2) is 23.0 Å². The van der Waals surface area contributed by atoms with Crippen molar-refractivity contribution in [2.75, 3.05) is 25.1 Å². The Morgan fingerprint density at radius 3 is 2.54 bits per heavy atom. The molecule has 0 unspecified atom stereocenters. The zero-order chi connectivity index (χ0) is 18.9. The maximum atomic E-state index is 12.0. The molecule has 2 aromatic rings. The molecule has 0 aliphatic rings. The summed E-state index contributed by atoms with van der Waals surface area (Å²) in [5.41, 5.74) is 1.08. The first kappa shape index (κ1) is 19.6. The summed E-state index contributed by atoms with van der Waals surface area (Å²) in [5, 5.41) is 6.50. The largest absolute Gasteiger partial charge is 0.490 e. The minimum atomic E-state index is -0.603. The summed E-state index contributed by atoms with van der Waals surface area (Å²) in [6.07, 6.45) is 0.569. The molecule has 1 amide bonds. The summed E-state index contributed by atoms with van der Waals surface area (Å²) in [5.74, 6) is 0.0743. The van der Waals surface area contributed by atoms with Crippen LogP contribution in [0.2, 0.25) is 0 Å². The highest BCUT2D eigenvalue weighted by Gasteiger charge is 2.18. The molecule has 2 rings (SSSR count). The Morgan fingerprint density at radius 1 is 1.12 bits per heavy atom. The molecule has 0 fully saturated rings. The predicted octanol–water partition coefficient (Wildman–Crippen LogP) is 2.69. The maximum absolute atomic E-state index is 12.0. The van der Waals surface area contributed by atoms with E-state index in [1.807, 2.05) is 20.8 Å². The number of benzene rings is 1. The molecule has 1 aromatic heterocycles. The Balaban J connectivity index is 1.95. The van der Waals surface area contributed by atoms with Crippen LogP contribution >= 0.6 is 11.5 Å². The second kappa shape index (κ2) is 9.71. The second-order valence-corrected chi connectivity index (χ2v) is 5.81. The van der Waals surface area contributed by atoms with Crippen LogP contribution in [0.15, 0.2) is 18.2 Å². The first-order valence-corrected chi connectivity index (χ1v) is 9.04. The number of hydrogen-bond donors (Lipinski definition) is 1. The molecule has 9 heteroatoms. The van der Waals surface area contributed by atoms with Crippen LogP contribution in [0.3, 0.4) is 0 Å². The molecule has 1 aromatic carbocycles. The minimum Gasteiger partial charge on any atom is -0.490 e. The number of aryl methyl sites for hydroxylation is 1. The monoisotopic (exact) mass is 379 g/mol. The molecular formula is C17H21N3O5S. The number of carbonyl (C=O) groups excluding carboxylic acids is 2. The van der Waals surface area contributed by atoms with Gasteiger partial charge >= 0.3 is 5.97 Å². The van der Waals surface area contributed by atoms with Gasteiger partial charge in [-0.15, -0.1) is 5.10 Å². The van der Waals surface area contributed by atoms with Crippen molar-refractivity contribution in [2.24, 2.45) is 0 Å². The molecule has 0 spiro atoms. The summed E-state index contributed by atoms with van der Waals surface area (Å²) in [4.78, 5) is 24.3. The number of esters is 1. The summed E-state index contributed by atoms with van der Waals surface area (Å²) < 4.78 is 19.7. The van der Waals surface area contributed by atoms with E-state index in [4.69, 9.17) is 14.2 Å². The number of anilines is 1. The first-order valence-electron chi connectivity index (χ1n) is 8.26. The van der Waals surface area contributed by atoms with Crippen LogP contribution in [0.5, 0.6) is 11.5 Å². The van der Waals surface area contributed by atoms with E-state index in [0.717, 1.165) is 11.5 Å². The zero-order valence-corrected chi connectivity index (χ0v) is 15.7. The van der Waals surface area contributed by atoms with Gasteiger partial charge in [-0.25, -0.2) is 4.79 Å². The highest BCUT2D eigenvalue weighted by Crippen LogP contribution is 2.30. The van der Waals surface area contributed by atoms with Crippen LogP contribution in [0.25, 0.3) is 0 Å². The van der Waals surface area contributed by atoms with Crippen LogP contribution in [0.4, 0.5) is 5.69 Å². The molecular weight excluding hydrogens is 358 g/mol. The molecule has 0 atom stereocenters. The lowest BCUT2D eigenvalue weighted by Gasteiger charge is -2.13. The first-order chi connectivity index (χ1) is 12.6. The van der Waals surface area contributed by atoms with Crippen LogP contribution in [-0.4, -0.2) is 41.3 Å². The fraction of sp³-hybridized carbons (Fsp3) is 0.412. The Hall–Kier alpha value is -2.68. The Labute approximate surface area is 155 Å². The van der Waals surface area contributed by atoms with E-state index in [2.05, 4.69) is 14.9 Å². The number of nitrogens with one attached hydrogen (secondary N) is 1. The van der Waals surface area contributed by atoms with Gasteiger partial charge in [-0.2, -0.15) is 0 Å². The molecule has 0 aliphatic carbocycles. The molecule has 26 heavy (non-hydrogen) atoms. The van der Waals surface area contributed by atoms with Crippen molar-refractivity contribution in [2.45, 2.75) is 27.2 Å². The molecule has 1 N–H and O–H groups in total. The fourth-order valence-electron chi connectivity index (χ4n) is 2.12. The SMILES string of the molecule is CCOc1ccc(NC(=O)COC(=O)c2snnc2CC)cc1OCC. The van der Waals surface area contributed by atoms with Crippen LogP contribution in [0.1, 0.15) is 36.1 Å². The van der Waals surface area contributed by atoms with Crippen molar-refractivity contribution in [1.29, 1.82) is 0 Å². The number of hydrogen-bond acceptors (Lipinski definition) is 8. The molecule has 0 aliphatic heterocycles. The smallest absolute Gasteiger partial charge is 0.352 e. The van der Waals surface area contributed by atoms with E-state index in [9.17, 15) is 9.59 Å². The Bertz CT molecular complexity index is 763. The summed E-state index contributed by atoms with van der Waals surface area (Å²) >= 11 is 0.954. The van der Waals surface area contributed by atoms with Crippen molar-refractivity contribution in [3.8, 4) is 11.5 Å². The van der Waals surface area contributed by atoms with Crippen LogP contribution in [0, 0.1) is 0 Å². The Morgan fingerprint density at radius 2 is 1.85 bits per heavy atom. The third-order valence-corrected chi connectivity index (χ3v) is 3.99.